The highest BCUT2D eigenvalue weighted by Crippen LogP contribution is 2.36. The van der Waals surface area contributed by atoms with Gasteiger partial charge in [-0.25, -0.2) is 0 Å². The summed E-state index contributed by atoms with van der Waals surface area (Å²) in [4.78, 5) is 27.0. The van der Waals surface area contributed by atoms with Crippen LogP contribution in [-0.4, -0.2) is 52.9 Å². The molecule has 1 N–H and O–H groups in total. The van der Waals surface area contributed by atoms with Gasteiger partial charge < -0.3 is 29.2 Å². The molecular weight excluding hydrogens is 424 g/mol. The molecular formula is C22H25ClN2O6. The fraction of sp³-hybridized carbons (Fsp3) is 0.364. The number of methoxy groups -OCH3 is 3. The van der Waals surface area contributed by atoms with Gasteiger partial charge in [0.25, 0.3) is 0 Å². The third-order valence-corrected chi connectivity index (χ3v) is 5.14. The van der Waals surface area contributed by atoms with Gasteiger partial charge in [-0.1, -0.05) is 11.6 Å². The van der Waals surface area contributed by atoms with Gasteiger partial charge in [-0.15, -0.1) is 0 Å². The Bertz CT molecular complexity index is 952. The molecule has 1 aliphatic rings. The van der Waals surface area contributed by atoms with Gasteiger partial charge in [0.15, 0.2) is 11.5 Å². The number of anilines is 2. The van der Waals surface area contributed by atoms with Crippen molar-refractivity contribution in [2.24, 2.45) is 5.92 Å². The minimum absolute atomic E-state index is 0.0921. The highest BCUT2D eigenvalue weighted by molar-refractivity contribution is 6.31. The molecule has 31 heavy (non-hydrogen) atoms. The van der Waals surface area contributed by atoms with Crippen LogP contribution in [0.3, 0.4) is 0 Å². The van der Waals surface area contributed by atoms with Crippen molar-refractivity contribution >= 4 is 34.8 Å². The fourth-order valence-corrected chi connectivity index (χ4v) is 3.50. The summed E-state index contributed by atoms with van der Waals surface area (Å²) < 4.78 is 21.3. The lowest BCUT2D eigenvalue weighted by molar-refractivity contribution is -0.122. The molecule has 0 radical (unpaired) electrons. The third-order valence-electron chi connectivity index (χ3n) is 4.90. The second-order valence-corrected chi connectivity index (χ2v) is 7.35. The second-order valence-electron chi connectivity index (χ2n) is 6.92. The first-order valence-electron chi connectivity index (χ1n) is 9.71. The minimum atomic E-state index is -0.517. The second kappa shape index (κ2) is 10.4. The quantitative estimate of drug-likeness (QED) is 0.592. The van der Waals surface area contributed by atoms with E-state index in [2.05, 4.69) is 5.32 Å². The molecule has 0 bridgehead atoms. The lowest BCUT2D eigenvalue weighted by Gasteiger charge is -2.20. The largest absolute Gasteiger partial charge is 0.495 e. The first-order chi connectivity index (χ1) is 15.0. The molecule has 0 aliphatic carbocycles. The zero-order valence-corrected chi connectivity index (χ0v) is 18.4. The molecule has 1 saturated heterocycles. The number of hydrogen-bond donors (Lipinski definition) is 1. The van der Waals surface area contributed by atoms with Gasteiger partial charge in [0.2, 0.25) is 11.8 Å². The number of carbonyl (C=O) groups is 2. The van der Waals surface area contributed by atoms with Crippen molar-refractivity contribution in [2.75, 3.05) is 51.3 Å². The molecule has 2 aromatic rings. The number of hydrogen-bond acceptors (Lipinski definition) is 6. The zero-order valence-electron chi connectivity index (χ0n) is 17.6. The van der Waals surface area contributed by atoms with Crippen LogP contribution in [0.5, 0.6) is 17.2 Å². The molecule has 2 aromatic carbocycles. The normalized spacial score (nSPS) is 15.7. The van der Waals surface area contributed by atoms with Crippen LogP contribution in [-0.2, 0) is 14.3 Å². The standard InChI is InChI=1S/C22H25ClN2O6/c1-28-8-9-31-20-12-16(5-7-19(20)30-3)24-22(27)14-10-21(26)25(13-14)17-11-15(23)4-6-18(17)29-2/h4-7,11-12,14H,8-10,13H2,1-3H3,(H,24,27). The van der Waals surface area contributed by atoms with E-state index in [0.717, 1.165) is 0 Å². The van der Waals surface area contributed by atoms with Crippen LogP contribution in [0.15, 0.2) is 36.4 Å². The molecule has 166 valence electrons. The van der Waals surface area contributed by atoms with E-state index in [1.54, 1.807) is 50.6 Å². The Morgan fingerprint density at radius 1 is 1.06 bits per heavy atom. The SMILES string of the molecule is COCCOc1cc(NC(=O)C2CC(=O)N(c3cc(Cl)ccc3OC)C2)ccc1OC. The molecule has 3 rings (SSSR count). The molecule has 1 fully saturated rings. The molecule has 1 atom stereocenters. The highest BCUT2D eigenvalue weighted by Gasteiger charge is 2.36. The fourth-order valence-electron chi connectivity index (χ4n) is 3.34. The van der Waals surface area contributed by atoms with Crippen molar-refractivity contribution in [1.82, 2.24) is 0 Å². The van der Waals surface area contributed by atoms with Gasteiger partial charge in [-0.2, -0.15) is 0 Å². The van der Waals surface area contributed by atoms with E-state index < -0.39 is 5.92 Å². The molecule has 0 spiro atoms. The van der Waals surface area contributed by atoms with Crippen molar-refractivity contribution in [1.29, 1.82) is 0 Å². The summed E-state index contributed by atoms with van der Waals surface area (Å²) in [6.45, 7) is 0.999. The Kier molecular flexibility index (Phi) is 7.59. The maximum absolute atomic E-state index is 12.8. The number of nitrogens with one attached hydrogen (secondary N) is 1. The number of halogens is 1. The van der Waals surface area contributed by atoms with E-state index in [1.807, 2.05) is 0 Å². The summed E-state index contributed by atoms with van der Waals surface area (Å²) in [5, 5.41) is 3.34. The van der Waals surface area contributed by atoms with Crippen LogP contribution in [0.2, 0.25) is 5.02 Å². The molecule has 1 unspecified atom stereocenters. The summed E-state index contributed by atoms with van der Waals surface area (Å²) in [5.41, 5.74) is 1.10. The van der Waals surface area contributed by atoms with Crippen molar-refractivity contribution < 1.29 is 28.5 Å². The number of amides is 2. The van der Waals surface area contributed by atoms with Crippen molar-refractivity contribution in [3.05, 3.63) is 41.4 Å². The van der Waals surface area contributed by atoms with Crippen molar-refractivity contribution in [3.63, 3.8) is 0 Å². The molecule has 1 heterocycles. The van der Waals surface area contributed by atoms with Crippen LogP contribution in [0.1, 0.15) is 6.42 Å². The predicted octanol–water partition coefficient (Wildman–Crippen LogP) is 3.37. The van der Waals surface area contributed by atoms with Gasteiger partial charge in [-0.05, 0) is 30.3 Å². The molecule has 0 saturated carbocycles. The topological polar surface area (TPSA) is 86.3 Å². The first-order valence-corrected chi connectivity index (χ1v) is 10.1. The number of carbonyl (C=O) groups excluding carboxylic acids is 2. The van der Waals surface area contributed by atoms with E-state index >= 15 is 0 Å². The van der Waals surface area contributed by atoms with Crippen LogP contribution in [0.4, 0.5) is 11.4 Å². The van der Waals surface area contributed by atoms with Crippen LogP contribution >= 0.6 is 11.6 Å². The maximum atomic E-state index is 12.8. The first kappa shape index (κ1) is 22.7. The van der Waals surface area contributed by atoms with Crippen LogP contribution in [0, 0.1) is 5.92 Å². The Balaban J connectivity index is 1.71. The average molecular weight is 449 g/mol. The highest BCUT2D eigenvalue weighted by atomic mass is 35.5. The Morgan fingerprint density at radius 2 is 1.81 bits per heavy atom. The summed E-state index contributed by atoms with van der Waals surface area (Å²) in [5.74, 6) is 0.612. The van der Waals surface area contributed by atoms with E-state index in [-0.39, 0.29) is 24.8 Å². The lowest BCUT2D eigenvalue weighted by atomic mass is 10.1. The molecule has 8 nitrogen and oxygen atoms in total. The number of nitrogens with zero attached hydrogens (tertiary/aromatic N) is 1. The van der Waals surface area contributed by atoms with E-state index in [0.29, 0.717) is 46.9 Å². The summed E-state index contributed by atoms with van der Waals surface area (Å²) in [6, 6.07) is 10.1. The summed E-state index contributed by atoms with van der Waals surface area (Å²) in [7, 11) is 4.65. The Morgan fingerprint density at radius 3 is 2.52 bits per heavy atom. The number of rotatable bonds is 9. The third kappa shape index (κ3) is 5.39. The van der Waals surface area contributed by atoms with Gasteiger partial charge in [0.1, 0.15) is 12.4 Å². The van der Waals surface area contributed by atoms with Gasteiger partial charge in [-0.3, -0.25) is 9.59 Å². The van der Waals surface area contributed by atoms with Crippen LogP contribution < -0.4 is 24.4 Å². The molecule has 9 heteroatoms. The lowest BCUT2D eigenvalue weighted by Crippen LogP contribution is -2.28. The smallest absolute Gasteiger partial charge is 0.229 e. The minimum Gasteiger partial charge on any atom is -0.495 e. The van der Waals surface area contributed by atoms with Crippen molar-refractivity contribution in [2.45, 2.75) is 6.42 Å². The summed E-state index contributed by atoms with van der Waals surface area (Å²) in [6.07, 6.45) is 0.0921. The van der Waals surface area contributed by atoms with Gasteiger partial charge >= 0.3 is 0 Å². The van der Waals surface area contributed by atoms with E-state index in [9.17, 15) is 9.59 Å². The van der Waals surface area contributed by atoms with Crippen molar-refractivity contribution in [3.8, 4) is 17.2 Å². The van der Waals surface area contributed by atoms with Gasteiger partial charge in [0.05, 0.1) is 32.4 Å². The Labute approximate surface area is 186 Å². The maximum Gasteiger partial charge on any atom is 0.229 e. The van der Waals surface area contributed by atoms with Gasteiger partial charge in [0, 0.05) is 36.9 Å². The Hall–Kier alpha value is -2.97. The molecule has 0 aromatic heterocycles. The monoisotopic (exact) mass is 448 g/mol. The van der Waals surface area contributed by atoms with E-state index in [1.165, 1.54) is 12.0 Å². The number of benzene rings is 2. The number of ether oxygens (including phenoxy) is 4. The molecule has 1 aliphatic heterocycles. The molecule has 2 amide bonds. The van der Waals surface area contributed by atoms with E-state index in [4.69, 9.17) is 30.5 Å². The zero-order chi connectivity index (χ0) is 22.4. The summed E-state index contributed by atoms with van der Waals surface area (Å²) >= 11 is 6.09. The average Bonchev–Trinajstić information content (AvgIpc) is 3.16. The predicted molar refractivity (Wildman–Crippen MR) is 117 cm³/mol. The van der Waals surface area contributed by atoms with Crippen LogP contribution in [0.25, 0.3) is 0 Å².